The molecular weight excluding hydrogens is 362 g/mol. The van der Waals surface area contributed by atoms with Crippen LogP contribution in [0.2, 0.25) is 0 Å². The van der Waals surface area contributed by atoms with Gasteiger partial charge in [-0.2, -0.15) is 0 Å². The Morgan fingerprint density at radius 2 is 2.22 bits per heavy atom. The van der Waals surface area contributed by atoms with Gasteiger partial charge in [0.25, 0.3) is 0 Å². The van der Waals surface area contributed by atoms with Crippen LogP contribution in [0, 0.1) is 6.92 Å². The van der Waals surface area contributed by atoms with Crippen LogP contribution in [0.15, 0.2) is 36.8 Å². The fourth-order valence-corrected chi connectivity index (χ4v) is 3.87. The van der Waals surface area contributed by atoms with Crippen molar-refractivity contribution in [3.05, 3.63) is 42.5 Å². The minimum Gasteiger partial charge on any atom is -0.352 e. The number of hydrogen-bond donors (Lipinski definition) is 2. The normalized spacial score (nSPS) is 13.7. The van der Waals surface area contributed by atoms with Crippen LogP contribution in [0.5, 0.6) is 0 Å². The van der Waals surface area contributed by atoms with Gasteiger partial charge in [0, 0.05) is 50.3 Å². The van der Waals surface area contributed by atoms with E-state index in [2.05, 4.69) is 30.6 Å². The minimum atomic E-state index is -0.0188. The maximum absolute atomic E-state index is 11.6. The first-order valence-electron chi connectivity index (χ1n) is 8.68. The third-order valence-electron chi connectivity index (χ3n) is 4.20. The van der Waals surface area contributed by atoms with Crippen molar-refractivity contribution in [1.82, 2.24) is 30.2 Å². The van der Waals surface area contributed by atoms with Crippen molar-refractivity contribution in [2.75, 3.05) is 31.5 Å². The molecule has 138 valence electrons. The molecule has 1 aliphatic heterocycles. The van der Waals surface area contributed by atoms with Gasteiger partial charge in [0.15, 0.2) is 0 Å². The fraction of sp³-hybridized carbons (Fsp3) is 0.278. The quantitative estimate of drug-likeness (QED) is 0.681. The van der Waals surface area contributed by atoms with E-state index in [-0.39, 0.29) is 6.03 Å². The monoisotopic (exact) mass is 381 g/mol. The predicted octanol–water partition coefficient (Wildman–Crippen LogP) is 2.41. The van der Waals surface area contributed by atoms with Crippen molar-refractivity contribution in [2.45, 2.75) is 6.92 Å². The predicted molar refractivity (Wildman–Crippen MR) is 105 cm³/mol. The van der Waals surface area contributed by atoms with Gasteiger partial charge in [0.2, 0.25) is 5.95 Å². The number of urea groups is 1. The van der Waals surface area contributed by atoms with Crippen LogP contribution in [0.3, 0.4) is 0 Å². The van der Waals surface area contributed by atoms with Crippen molar-refractivity contribution < 1.29 is 4.79 Å². The number of aromatic nitrogens is 4. The molecule has 1 saturated heterocycles. The molecule has 4 heterocycles. The van der Waals surface area contributed by atoms with E-state index in [1.54, 1.807) is 28.6 Å². The number of anilines is 1. The van der Waals surface area contributed by atoms with Crippen LogP contribution < -0.4 is 10.6 Å². The van der Waals surface area contributed by atoms with Crippen LogP contribution >= 0.6 is 11.3 Å². The summed E-state index contributed by atoms with van der Waals surface area (Å²) in [5.74, 6) is 0.544. The molecular formula is C18H19N7OS. The lowest BCUT2D eigenvalue weighted by Gasteiger charge is -2.14. The van der Waals surface area contributed by atoms with Gasteiger partial charge in [-0.3, -0.25) is 4.98 Å². The maximum atomic E-state index is 11.6. The fourth-order valence-electron chi connectivity index (χ4n) is 2.84. The number of hydrogen-bond acceptors (Lipinski definition) is 7. The number of carbonyl (C=O) groups excluding carboxylic acids is 1. The lowest BCUT2D eigenvalue weighted by atomic mass is 10.3. The van der Waals surface area contributed by atoms with Crippen molar-refractivity contribution in [2.24, 2.45) is 0 Å². The van der Waals surface area contributed by atoms with Crippen LogP contribution in [0.1, 0.15) is 5.69 Å². The Morgan fingerprint density at radius 1 is 1.30 bits per heavy atom. The van der Waals surface area contributed by atoms with E-state index in [1.165, 1.54) is 0 Å². The van der Waals surface area contributed by atoms with Crippen LogP contribution in [0.4, 0.5) is 10.7 Å². The first-order chi connectivity index (χ1) is 13.2. The average Bonchev–Trinajstić information content (AvgIpc) is 3.28. The summed E-state index contributed by atoms with van der Waals surface area (Å²) in [6.45, 7) is 4.63. The highest BCUT2D eigenvalue weighted by molar-refractivity contribution is 7.18. The second-order valence-corrected chi connectivity index (χ2v) is 7.09. The van der Waals surface area contributed by atoms with Crippen molar-refractivity contribution in [3.8, 4) is 21.1 Å². The molecule has 3 aromatic rings. The number of aryl methyl sites for hydroxylation is 1. The van der Waals surface area contributed by atoms with E-state index in [4.69, 9.17) is 0 Å². The van der Waals surface area contributed by atoms with Gasteiger partial charge in [0.1, 0.15) is 5.01 Å². The zero-order valence-electron chi connectivity index (χ0n) is 14.8. The maximum Gasteiger partial charge on any atom is 0.317 e. The lowest BCUT2D eigenvalue weighted by Crippen LogP contribution is -2.32. The number of carbonyl (C=O) groups is 1. The van der Waals surface area contributed by atoms with Crippen LogP contribution in [-0.2, 0) is 0 Å². The molecule has 4 rings (SSSR count). The standard InChI is InChI=1S/C18H19N7OS/c1-12-15(27-16(23-12)13-3-2-5-19-11-13)14-4-6-20-17(24-14)21-7-9-25-10-8-22-18(25)26/h2-6,11H,7-10H2,1H3,(H,22,26)(H,20,21,24). The molecule has 3 aromatic heterocycles. The topological polar surface area (TPSA) is 95.9 Å². The van der Waals surface area contributed by atoms with Crippen LogP contribution in [-0.4, -0.2) is 57.0 Å². The third-order valence-corrected chi connectivity index (χ3v) is 5.43. The molecule has 0 aliphatic carbocycles. The lowest BCUT2D eigenvalue weighted by molar-refractivity contribution is 0.219. The zero-order valence-corrected chi connectivity index (χ0v) is 15.7. The minimum absolute atomic E-state index is 0.0188. The molecule has 0 saturated carbocycles. The number of nitrogens with zero attached hydrogens (tertiary/aromatic N) is 5. The Balaban J connectivity index is 1.47. The second-order valence-electron chi connectivity index (χ2n) is 6.09. The van der Waals surface area contributed by atoms with E-state index in [1.807, 2.05) is 31.3 Å². The van der Waals surface area contributed by atoms with Gasteiger partial charge in [-0.15, -0.1) is 11.3 Å². The van der Waals surface area contributed by atoms with Crippen molar-refractivity contribution >= 4 is 23.3 Å². The number of pyridine rings is 1. The van der Waals surface area contributed by atoms with Gasteiger partial charge >= 0.3 is 6.03 Å². The molecule has 0 radical (unpaired) electrons. The highest BCUT2D eigenvalue weighted by Crippen LogP contribution is 2.34. The van der Waals surface area contributed by atoms with Gasteiger partial charge in [-0.25, -0.2) is 19.7 Å². The van der Waals surface area contributed by atoms with Crippen molar-refractivity contribution in [1.29, 1.82) is 0 Å². The highest BCUT2D eigenvalue weighted by atomic mass is 32.1. The summed E-state index contributed by atoms with van der Waals surface area (Å²) in [5, 5.41) is 6.90. The molecule has 0 bridgehead atoms. The van der Waals surface area contributed by atoms with Gasteiger partial charge in [-0.1, -0.05) is 0 Å². The molecule has 27 heavy (non-hydrogen) atoms. The summed E-state index contributed by atoms with van der Waals surface area (Å²) in [6, 6.07) is 5.76. The molecule has 1 aliphatic rings. The second kappa shape index (κ2) is 7.67. The Labute approximate surface area is 160 Å². The SMILES string of the molecule is Cc1nc(-c2cccnc2)sc1-c1ccnc(NCCN2CCNC2=O)n1. The van der Waals surface area contributed by atoms with Gasteiger partial charge in [-0.05, 0) is 25.1 Å². The van der Waals surface area contributed by atoms with Crippen molar-refractivity contribution in [3.63, 3.8) is 0 Å². The Morgan fingerprint density at radius 3 is 3.00 bits per heavy atom. The summed E-state index contributed by atoms with van der Waals surface area (Å²) in [7, 11) is 0. The molecule has 9 heteroatoms. The largest absolute Gasteiger partial charge is 0.352 e. The number of nitrogens with one attached hydrogen (secondary N) is 2. The molecule has 0 unspecified atom stereocenters. The van der Waals surface area contributed by atoms with E-state index >= 15 is 0 Å². The van der Waals surface area contributed by atoms with E-state index < -0.39 is 0 Å². The molecule has 0 spiro atoms. The molecule has 2 amide bonds. The molecule has 8 nitrogen and oxygen atoms in total. The Hall–Kier alpha value is -3.07. The molecule has 0 aromatic carbocycles. The smallest absolute Gasteiger partial charge is 0.317 e. The van der Waals surface area contributed by atoms with Gasteiger partial charge in [0.05, 0.1) is 16.3 Å². The molecule has 1 fully saturated rings. The van der Waals surface area contributed by atoms with E-state index in [0.717, 1.165) is 33.4 Å². The summed E-state index contributed by atoms with van der Waals surface area (Å²) in [5.41, 5.74) is 2.75. The Bertz CT molecular complexity index is 944. The highest BCUT2D eigenvalue weighted by Gasteiger charge is 2.18. The summed E-state index contributed by atoms with van der Waals surface area (Å²) in [4.78, 5) is 32.0. The first-order valence-corrected chi connectivity index (χ1v) is 9.50. The molecule has 2 N–H and O–H groups in total. The zero-order chi connectivity index (χ0) is 18.6. The molecule has 0 atom stereocenters. The summed E-state index contributed by atoms with van der Waals surface area (Å²) < 4.78 is 0. The van der Waals surface area contributed by atoms with Crippen LogP contribution in [0.25, 0.3) is 21.1 Å². The average molecular weight is 381 g/mol. The first kappa shape index (κ1) is 17.3. The number of rotatable bonds is 6. The van der Waals surface area contributed by atoms with Gasteiger partial charge < -0.3 is 15.5 Å². The summed E-state index contributed by atoms with van der Waals surface area (Å²) in [6.07, 6.45) is 5.29. The third kappa shape index (κ3) is 3.87. The number of amides is 2. The van der Waals surface area contributed by atoms with E-state index in [9.17, 15) is 4.79 Å². The Kier molecular flexibility index (Phi) is 4.93. The van der Waals surface area contributed by atoms with E-state index in [0.29, 0.717) is 25.6 Å². The summed E-state index contributed by atoms with van der Waals surface area (Å²) >= 11 is 1.59. The number of thiazole rings is 1.